The van der Waals surface area contributed by atoms with Crippen molar-refractivity contribution in [1.82, 2.24) is 14.8 Å². The van der Waals surface area contributed by atoms with Gasteiger partial charge in [0.1, 0.15) is 29.7 Å². The van der Waals surface area contributed by atoms with Crippen LogP contribution in [0.25, 0.3) is 10.8 Å². The summed E-state index contributed by atoms with van der Waals surface area (Å²) in [6.07, 6.45) is 11.7. The number of terminal acetylenes is 1. The molecule has 9 nitrogen and oxygen atoms in total. The van der Waals surface area contributed by atoms with Crippen molar-refractivity contribution in [3.63, 3.8) is 0 Å². The molecule has 1 aromatic heterocycles. The summed E-state index contributed by atoms with van der Waals surface area (Å²) in [5.41, 5.74) is 4.01. The smallest absolute Gasteiger partial charge is 0.410 e. The van der Waals surface area contributed by atoms with E-state index in [1.54, 1.807) is 0 Å². The third kappa shape index (κ3) is 6.01. The number of piperidine rings is 1. The van der Waals surface area contributed by atoms with E-state index in [1.165, 1.54) is 0 Å². The average Bonchev–Trinajstić information content (AvgIpc) is 3.48. The summed E-state index contributed by atoms with van der Waals surface area (Å²) >= 11 is 0. The first-order valence-corrected chi connectivity index (χ1v) is 17.4. The van der Waals surface area contributed by atoms with E-state index in [2.05, 4.69) is 58.0 Å². The summed E-state index contributed by atoms with van der Waals surface area (Å²) < 4.78 is 12.3. The Bertz CT molecular complexity index is 1780. The van der Waals surface area contributed by atoms with Gasteiger partial charge in [-0.05, 0) is 90.4 Å². The molecule has 3 fully saturated rings. The van der Waals surface area contributed by atoms with Crippen LogP contribution in [0.2, 0.25) is 0 Å². The molecule has 0 radical (unpaired) electrons. The predicted octanol–water partition coefficient (Wildman–Crippen LogP) is 6.10. The number of piperazine rings is 1. The van der Waals surface area contributed by atoms with Gasteiger partial charge in [-0.2, -0.15) is 10.2 Å². The third-order valence-electron chi connectivity index (χ3n) is 10.5. The Morgan fingerprint density at radius 2 is 1.79 bits per heavy atom. The lowest BCUT2D eigenvalue weighted by Gasteiger charge is -2.51. The van der Waals surface area contributed by atoms with Gasteiger partial charge in [-0.25, -0.2) is 4.79 Å². The molecule has 0 N–H and O–H groups in total. The number of rotatable bonds is 5. The Kier molecular flexibility index (Phi) is 8.60. The zero-order valence-electron chi connectivity index (χ0n) is 28.7. The average molecular weight is 647 g/mol. The number of anilines is 2. The van der Waals surface area contributed by atoms with Gasteiger partial charge in [0.15, 0.2) is 0 Å². The van der Waals surface area contributed by atoms with Gasteiger partial charge in [0.2, 0.25) is 5.88 Å². The van der Waals surface area contributed by atoms with Crippen molar-refractivity contribution in [2.75, 3.05) is 49.6 Å². The number of likely N-dealkylation sites (N-methyl/N-ethyl adjacent to an activating group) is 1. The van der Waals surface area contributed by atoms with E-state index < -0.39 is 5.60 Å². The molecule has 4 aliphatic heterocycles. The molecule has 48 heavy (non-hydrogen) atoms. The fourth-order valence-corrected chi connectivity index (χ4v) is 8.23. The zero-order valence-corrected chi connectivity index (χ0v) is 28.7. The number of hydrogen-bond acceptors (Lipinski definition) is 8. The number of benzene rings is 2. The molecule has 9 heteroatoms. The number of nitriles is 1. The van der Waals surface area contributed by atoms with Crippen LogP contribution in [-0.4, -0.2) is 84.4 Å². The van der Waals surface area contributed by atoms with Crippen LogP contribution in [-0.2, 0) is 17.7 Å². The van der Waals surface area contributed by atoms with Crippen LogP contribution in [0.15, 0.2) is 36.4 Å². The molecule has 5 heterocycles. The quantitative estimate of drug-likeness (QED) is 0.308. The summed E-state index contributed by atoms with van der Waals surface area (Å²) in [6, 6.07) is 15.4. The molecule has 2 bridgehead atoms. The first-order chi connectivity index (χ1) is 23.1. The topological polar surface area (TPSA) is 85.2 Å². The van der Waals surface area contributed by atoms with Crippen molar-refractivity contribution in [2.24, 2.45) is 0 Å². The van der Waals surface area contributed by atoms with Crippen molar-refractivity contribution in [3.05, 3.63) is 58.7 Å². The zero-order chi connectivity index (χ0) is 33.6. The molecule has 0 aliphatic carbocycles. The first-order valence-electron chi connectivity index (χ1n) is 17.4. The van der Waals surface area contributed by atoms with Crippen LogP contribution in [0.5, 0.6) is 5.88 Å². The van der Waals surface area contributed by atoms with Crippen LogP contribution >= 0.6 is 0 Å². The maximum Gasteiger partial charge on any atom is 0.410 e. The van der Waals surface area contributed by atoms with E-state index >= 15 is 0 Å². The Hall–Kier alpha value is -4.47. The van der Waals surface area contributed by atoms with E-state index in [-0.39, 0.29) is 18.2 Å². The SMILES string of the molecule is C#Cc1cccc2cccc(N3CCc4c(N5[C@@H]6CCC[C@H]5CN(C(=O)OC(C)(C)C)C6)nc(OC[C@@H]5CCCN5C)c(C#N)c4C3)c12. The van der Waals surface area contributed by atoms with Crippen molar-refractivity contribution < 1.29 is 14.3 Å². The van der Waals surface area contributed by atoms with Gasteiger partial charge in [0.05, 0.1) is 0 Å². The first kappa shape index (κ1) is 32.1. The highest BCUT2D eigenvalue weighted by Crippen LogP contribution is 2.42. The molecule has 4 aliphatic rings. The highest BCUT2D eigenvalue weighted by molar-refractivity contribution is 5.99. The Labute approximate surface area is 284 Å². The highest BCUT2D eigenvalue weighted by atomic mass is 16.6. The molecule has 7 rings (SSSR count). The lowest BCUT2D eigenvalue weighted by molar-refractivity contribution is 0.0154. The maximum absolute atomic E-state index is 13.2. The van der Waals surface area contributed by atoms with Crippen LogP contribution in [0, 0.1) is 23.7 Å². The fourth-order valence-electron chi connectivity index (χ4n) is 8.23. The maximum atomic E-state index is 13.2. The van der Waals surface area contributed by atoms with Crippen LogP contribution in [0.1, 0.15) is 75.1 Å². The largest absolute Gasteiger partial charge is 0.475 e. The minimum absolute atomic E-state index is 0.109. The van der Waals surface area contributed by atoms with Gasteiger partial charge in [0, 0.05) is 72.1 Å². The molecule has 1 amide bonds. The van der Waals surface area contributed by atoms with E-state index in [0.29, 0.717) is 43.7 Å². The minimum Gasteiger partial charge on any atom is -0.475 e. The summed E-state index contributed by atoms with van der Waals surface area (Å²) in [5, 5.41) is 12.8. The van der Waals surface area contributed by atoms with Gasteiger partial charge < -0.3 is 29.1 Å². The molecular weight excluding hydrogens is 600 g/mol. The number of nitrogens with zero attached hydrogens (tertiary/aromatic N) is 6. The Balaban J connectivity index is 1.29. The summed E-state index contributed by atoms with van der Waals surface area (Å²) in [6.45, 7) is 9.77. The van der Waals surface area contributed by atoms with E-state index in [1.807, 2.05) is 37.8 Å². The van der Waals surface area contributed by atoms with E-state index in [4.69, 9.17) is 20.9 Å². The van der Waals surface area contributed by atoms with Gasteiger partial charge in [-0.1, -0.05) is 30.2 Å². The highest BCUT2D eigenvalue weighted by Gasteiger charge is 2.43. The normalized spacial score (nSPS) is 22.6. The number of fused-ring (bicyclic) bond motifs is 4. The molecule has 0 unspecified atom stereocenters. The van der Waals surface area contributed by atoms with Crippen LogP contribution in [0.4, 0.5) is 16.3 Å². The van der Waals surface area contributed by atoms with E-state index in [0.717, 1.165) is 90.6 Å². The number of pyridine rings is 1. The molecule has 0 saturated carbocycles. The molecule has 3 aromatic rings. The number of ether oxygens (including phenoxy) is 2. The lowest BCUT2D eigenvalue weighted by atomic mass is 9.88. The summed E-state index contributed by atoms with van der Waals surface area (Å²) in [7, 11) is 2.13. The third-order valence-corrected chi connectivity index (χ3v) is 10.5. The Morgan fingerprint density at radius 1 is 1.04 bits per heavy atom. The van der Waals surface area contributed by atoms with Crippen molar-refractivity contribution in [2.45, 2.75) is 89.6 Å². The van der Waals surface area contributed by atoms with Crippen molar-refractivity contribution >= 4 is 28.4 Å². The van der Waals surface area contributed by atoms with Gasteiger partial charge in [0.25, 0.3) is 0 Å². The number of amides is 1. The number of aromatic nitrogens is 1. The monoisotopic (exact) mass is 646 g/mol. The standard InChI is InChI=1S/C39H46N6O3/c1-6-26-11-7-12-27-13-8-17-34(35(26)27)43-20-18-31-33(24-43)32(21-40)37(47-25-30-16-10-19-42(30)5)41-36(31)45-28-14-9-15-29(45)23-44(22-28)38(46)48-39(2,3)4/h1,7-8,11-13,17,28-30H,9-10,14-16,18-20,22-25H2,2-5H3/t28-,29+,30-/m0/s1. The second kappa shape index (κ2) is 12.9. The number of carbonyl (C=O) groups excluding carboxylic acids is 1. The van der Waals surface area contributed by atoms with Crippen molar-refractivity contribution in [1.29, 1.82) is 5.26 Å². The molecule has 2 aromatic carbocycles. The summed E-state index contributed by atoms with van der Waals surface area (Å²) in [5.74, 6) is 4.22. The summed E-state index contributed by atoms with van der Waals surface area (Å²) in [4.78, 5) is 27.5. The second-order valence-electron chi connectivity index (χ2n) is 14.8. The van der Waals surface area contributed by atoms with Crippen LogP contribution in [0.3, 0.4) is 0 Å². The second-order valence-corrected chi connectivity index (χ2v) is 14.8. The minimum atomic E-state index is -0.548. The molecule has 0 spiro atoms. The Morgan fingerprint density at radius 3 is 2.46 bits per heavy atom. The lowest BCUT2D eigenvalue weighted by Crippen LogP contribution is -2.63. The molecule has 3 atom stereocenters. The van der Waals surface area contributed by atoms with Gasteiger partial charge in [-0.15, -0.1) is 6.42 Å². The van der Waals surface area contributed by atoms with Gasteiger partial charge in [-0.3, -0.25) is 0 Å². The van der Waals surface area contributed by atoms with E-state index in [9.17, 15) is 10.1 Å². The fraction of sp³-hybridized carbons (Fsp3) is 0.513. The molecule has 250 valence electrons. The van der Waals surface area contributed by atoms with Crippen LogP contribution < -0.4 is 14.5 Å². The predicted molar refractivity (Wildman–Crippen MR) is 188 cm³/mol. The van der Waals surface area contributed by atoms with Crippen molar-refractivity contribution in [3.8, 4) is 24.3 Å². The molecular formula is C39H46N6O3. The molecule has 3 saturated heterocycles. The number of likely N-dealkylation sites (tertiary alicyclic amines) is 2. The number of hydrogen-bond donors (Lipinski definition) is 0. The van der Waals surface area contributed by atoms with Gasteiger partial charge >= 0.3 is 6.09 Å². The number of carbonyl (C=O) groups is 1.